The molecule has 0 radical (unpaired) electrons. The summed E-state index contributed by atoms with van der Waals surface area (Å²) in [5, 5.41) is 12.7. The Bertz CT molecular complexity index is 1300. The molecule has 196 valence electrons. The van der Waals surface area contributed by atoms with Gasteiger partial charge in [-0.1, -0.05) is 23.7 Å². The fourth-order valence-corrected chi connectivity index (χ4v) is 3.27. The van der Waals surface area contributed by atoms with Crippen molar-refractivity contribution in [3.8, 4) is 0 Å². The van der Waals surface area contributed by atoms with Gasteiger partial charge in [0.05, 0.1) is 12.2 Å². The van der Waals surface area contributed by atoms with Crippen LogP contribution in [-0.2, 0) is 20.9 Å². The molecule has 2 amide bonds. The number of anilines is 2. The molecule has 1 unspecified atom stereocenters. The lowest BCUT2D eigenvalue weighted by Crippen LogP contribution is -2.31. The van der Waals surface area contributed by atoms with E-state index in [9.17, 15) is 18.8 Å². The van der Waals surface area contributed by atoms with Gasteiger partial charge in [0.2, 0.25) is 6.23 Å². The summed E-state index contributed by atoms with van der Waals surface area (Å²) in [6, 6.07) is 7.60. The van der Waals surface area contributed by atoms with Crippen LogP contribution in [0.1, 0.15) is 34.8 Å². The van der Waals surface area contributed by atoms with Crippen LogP contribution in [0.15, 0.2) is 36.5 Å². The van der Waals surface area contributed by atoms with E-state index in [1.165, 1.54) is 32.3 Å². The Morgan fingerprint density at radius 2 is 2.00 bits per heavy atom. The first-order chi connectivity index (χ1) is 17.6. The smallest absolute Gasteiger partial charge is 0.417 e. The summed E-state index contributed by atoms with van der Waals surface area (Å²) in [7, 11) is 3.04. The number of carbonyl (C=O) groups excluding carboxylic acids is 3. The maximum Gasteiger partial charge on any atom is 0.417 e. The molecule has 0 bridgehead atoms. The molecule has 1 atom stereocenters. The van der Waals surface area contributed by atoms with Gasteiger partial charge in [0.15, 0.2) is 10.8 Å². The van der Waals surface area contributed by atoms with E-state index >= 15 is 0 Å². The highest BCUT2D eigenvalue weighted by Gasteiger charge is 2.25. The Kier molecular flexibility index (Phi) is 9.09. The van der Waals surface area contributed by atoms with E-state index in [1.807, 2.05) is 0 Å². The van der Waals surface area contributed by atoms with Crippen molar-refractivity contribution in [3.05, 3.63) is 64.3 Å². The number of benzene rings is 1. The third kappa shape index (κ3) is 6.98. The van der Waals surface area contributed by atoms with Gasteiger partial charge < -0.3 is 20.1 Å². The lowest BCUT2D eigenvalue weighted by molar-refractivity contribution is -0.143. The molecule has 0 spiro atoms. The van der Waals surface area contributed by atoms with Crippen molar-refractivity contribution in [1.82, 2.24) is 25.3 Å². The lowest BCUT2D eigenvalue weighted by Gasteiger charge is -2.21. The van der Waals surface area contributed by atoms with Crippen LogP contribution in [0.3, 0.4) is 0 Å². The van der Waals surface area contributed by atoms with Crippen molar-refractivity contribution in [1.29, 1.82) is 0 Å². The minimum Gasteiger partial charge on any atom is -0.460 e. The number of pyridine rings is 1. The molecule has 37 heavy (non-hydrogen) atoms. The van der Waals surface area contributed by atoms with E-state index in [2.05, 4.69) is 25.8 Å². The molecule has 0 aliphatic heterocycles. The number of hydrogen-bond acceptors (Lipinski definition) is 9. The van der Waals surface area contributed by atoms with E-state index in [-0.39, 0.29) is 35.5 Å². The monoisotopic (exact) mass is 533 g/mol. The van der Waals surface area contributed by atoms with Crippen molar-refractivity contribution < 1.29 is 28.2 Å². The van der Waals surface area contributed by atoms with Gasteiger partial charge in [-0.25, -0.2) is 14.2 Å². The number of rotatable bonds is 9. The summed E-state index contributed by atoms with van der Waals surface area (Å²) in [6.07, 6.45) is -0.432. The van der Waals surface area contributed by atoms with E-state index in [4.69, 9.17) is 21.1 Å². The zero-order chi connectivity index (χ0) is 27.1. The predicted octanol–water partition coefficient (Wildman–Crippen LogP) is 3.08. The summed E-state index contributed by atoms with van der Waals surface area (Å²) in [5.41, 5.74) is 0.827. The number of nitrogens with zero attached hydrogens (tertiary/aromatic N) is 5. The van der Waals surface area contributed by atoms with Crippen LogP contribution in [0, 0.1) is 12.7 Å². The van der Waals surface area contributed by atoms with Crippen LogP contribution in [0.4, 0.5) is 20.7 Å². The van der Waals surface area contributed by atoms with Crippen LogP contribution < -0.4 is 15.5 Å². The fraction of sp³-hybridized carbons (Fsp3) is 0.304. The summed E-state index contributed by atoms with van der Waals surface area (Å²) in [4.78, 5) is 43.2. The molecule has 0 aliphatic carbocycles. The molecule has 2 heterocycles. The van der Waals surface area contributed by atoms with Gasteiger partial charge in [-0.3, -0.25) is 14.5 Å². The van der Waals surface area contributed by atoms with Crippen molar-refractivity contribution in [2.45, 2.75) is 26.7 Å². The zero-order valence-corrected chi connectivity index (χ0v) is 21.2. The first kappa shape index (κ1) is 27.5. The molecule has 0 saturated heterocycles. The van der Waals surface area contributed by atoms with Gasteiger partial charge >= 0.3 is 12.1 Å². The number of ether oxygens (including phenoxy) is 2. The third-order valence-electron chi connectivity index (χ3n) is 4.94. The fourth-order valence-electron chi connectivity index (χ4n) is 3.07. The molecule has 3 aromatic rings. The average Bonchev–Trinajstić information content (AvgIpc) is 3.26. The van der Waals surface area contributed by atoms with Gasteiger partial charge in [-0.05, 0) is 44.7 Å². The lowest BCUT2D eigenvalue weighted by atomic mass is 10.2. The molecule has 2 N–H and O–H groups in total. The Morgan fingerprint density at radius 1 is 1.24 bits per heavy atom. The quantitative estimate of drug-likeness (QED) is 0.397. The highest BCUT2D eigenvalue weighted by Crippen LogP contribution is 2.21. The largest absolute Gasteiger partial charge is 0.460 e. The molecule has 0 aliphatic rings. The van der Waals surface area contributed by atoms with Gasteiger partial charge in [0.25, 0.3) is 5.91 Å². The first-order valence-electron chi connectivity index (χ1n) is 11.0. The Hall–Kier alpha value is -4.10. The standard InChI is InChI=1S/C23H25ClFN7O5/c1-13-7-8-17(16(25)10-13)28-22(34)19-20(24)30-32(29-19)14(2)37-23(35)31(4)21-15(6-5-9-27-21)12-36-18(33)11-26-3/h5-10,14,26H,11-12H2,1-4H3,(H,28,34). The maximum absolute atomic E-state index is 14.1. The number of esters is 1. The van der Waals surface area contributed by atoms with Crippen LogP contribution in [-0.4, -0.2) is 58.6 Å². The molecule has 14 heteroatoms. The highest BCUT2D eigenvalue weighted by atomic mass is 35.5. The first-order valence-corrected chi connectivity index (χ1v) is 11.4. The molecule has 3 rings (SSSR count). The number of halogens is 2. The summed E-state index contributed by atoms with van der Waals surface area (Å²) < 4.78 is 24.6. The second-order valence-electron chi connectivity index (χ2n) is 7.82. The van der Waals surface area contributed by atoms with Crippen LogP contribution in [0.25, 0.3) is 0 Å². The van der Waals surface area contributed by atoms with E-state index in [0.717, 1.165) is 9.70 Å². The Labute approximate surface area is 216 Å². The Morgan fingerprint density at radius 3 is 2.70 bits per heavy atom. The minimum absolute atomic E-state index is 0.0321. The summed E-state index contributed by atoms with van der Waals surface area (Å²) in [6.45, 7) is 3.10. The van der Waals surface area contributed by atoms with Crippen molar-refractivity contribution in [2.75, 3.05) is 30.9 Å². The second kappa shape index (κ2) is 12.2. The SMILES string of the molecule is CNCC(=O)OCc1cccnc1N(C)C(=O)OC(C)n1nc(Cl)c(C(=O)Nc2ccc(C)cc2F)n1. The van der Waals surface area contributed by atoms with Gasteiger partial charge in [-0.2, -0.15) is 0 Å². The van der Waals surface area contributed by atoms with Gasteiger partial charge in [0, 0.05) is 18.8 Å². The molecule has 2 aromatic heterocycles. The van der Waals surface area contributed by atoms with Crippen LogP contribution in [0.2, 0.25) is 5.15 Å². The minimum atomic E-state index is -1.08. The van der Waals surface area contributed by atoms with Crippen LogP contribution in [0.5, 0.6) is 0 Å². The predicted molar refractivity (Wildman–Crippen MR) is 132 cm³/mol. The number of hydrogen-bond donors (Lipinski definition) is 2. The number of aromatic nitrogens is 4. The normalized spacial score (nSPS) is 11.5. The number of aryl methyl sites for hydroxylation is 1. The van der Waals surface area contributed by atoms with E-state index in [1.54, 1.807) is 32.2 Å². The van der Waals surface area contributed by atoms with Crippen molar-refractivity contribution in [3.63, 3.8) is 0 Å². The number of nitrogens with one attached hydrogen (secondary N) is 2. The molecular formula is C23H25ClFN7O5. The van der Waals surface area contributed by atoms with Gasteiger partial charge in [-0.15, -0.1) is 15.0 Å². The maximum atomic E-state index is 14.1. The highest BCUT2D eigenvalue weighted by molar-refractivity contribution is 6.32. The molecule has 0 saturated carbocycles. The zero-order valence-electron chi connectivity index (χ0n) is 20.5. The topological polar surface area (TPSA) is 141 Å². The number of amides is 2. The van der Waals surface area contributed by atoms with Crippen LogP contribution >= 0.6 is 11.6 Å². The molecular weight excluding hydrogens is 509 g/mol. The summed E-state index contributed by atoms with van der Waals surface area (Å²) in [5.74, 6) is -1.67. The van der Waals surface area contributed by atoms with Crippen molar-refractivity contribution in [2.24, 2.45) is 0 Å². The van der Waals surface area contributed by atoms with E-state index < -0.39 is 30.0 Å². The second-order valence-corrected chi connectivity index (χ2v) is 8.17. The molecule has 12 nitrogen and oxygen atoms in total. The van der Waals surface area contributed by atoms with Gasteiger partial charge in [0.1, 0.15) is 18.2 Å². The molecule has 1 aromatic carbocycles. The summed E-state index contributed by atoms with van der Waals surface area (Å²) >= 11 is 6.06. The Balaban J connectivity index is 1.68. The average molecular weight is 534 g/mol. The number of carbonyl (C=O) groups is 3. The van der Waals surface area contributed by atoms with E-state index in [0.29, 0.717) is 11.1 Å². The van der Waals surface area contributed by atoms with Crippen molar-refractivity contribution >= 4 is 41.1 Å². The third-order valence-corrected chi connectivity index (χ3v) is 5.20. The number of likely N-dealkylation sites (N-methyl/N-ethyl adjacent to an activating group) is 1. The molecule has 0 fully saturated rings.